The molecule has 0 saturated carbocycles. The molecule has 0 saturated heterocycles. The zero-order chi connectivity index (χ0) is 23.7. The molecule has 0 bridgehead atoms. The van der Waals surface area contributed by atoms with E-state index in [2.05, 4.69) is 31.2 Å². The van der Waals surface area contributed by atoms with Crippen molar-refractivity contribution in [3.63, 3.8) is 0 Å². The molecule has 0 aromatic carbocycles. The molecule has 0 aliphatic heterocycles. The summed E-state index contributed by atoms with van der Waals surface area (Å²) >= 11 is 0. The standard InChI is InChI=1S/C24H42O6S2/c1-2-3-4-5-6-7-8-9-10-11-12-13-14-15-16-17-24(27)30-19-18-29-20-21-31-32(28)22-23(25)26/h6-7,9-10H,2-5,8,11-22H2,1H3,(H,25,26)/b7-6-,10-9-. The number of hydrogen-bond acceptors (Lipinski definition) is 6. The van der Waals surface area contributed by atoms with Gasteiger partial charge in [-0.25, -0.2) is 4.79 Å². The number of carbonyl (C=O) groups is 2. The van der Waals surface area contributed by atoms with Crippen LogP contribution in [0.25, 0.3) is 0 Å². The number of rotatable bonds is 23. The Morgan fingerprint density at radius 1 is 0.906 bits per heavy atom. The molecule has 0 aliphatic carbocycles. The van der Waals surface area contributed by atoms with E-state index in [1.807, 2.05) is 0 Å². The topological polar surface area (TPSA) is 95.9 Å². The lowest BCUT2D eigenvalue weighted by Gasteiger charge is -2.07. The van der Waals surface area contributed by atoms with Gasteiger partial charge >= 0.3 is 11.9 Å². The molecule has 8 heteroatoms. The molecule has 32 heavy (non-hydrogen) atoms. The number of ether oxygens (including phenoxy) is 2. The summed E-state index contributed by atoms with van der Waals surface area (Å²) < 4.78 is 21.7. The van der Waals surface area contributed by atoms with Crippen LogP contribution in [-0.4, -0.2) is 52.9 Å². The molecule has 186 valence electrons. The largest absolute Gasteiger partial charge is 0.605 e. The first-order valence-electron chi connectivity index (χ1n) is 11.8. The van der Waals surface area contributed by atoms with Crippen LogP contribution in [0.15, 0.2) is 24.3 Å². The normalized spacial score (nSPS) is 12.6. The third-order valence-corrected chi connectivity index (χ3v) is 7.23. The van der Waals surface area contributed by atoms with Crippen molar-refractivity contribution in [3.8, 4) is 0 Å². The first kappa shape index (κ1) is 31.0. The van der Waals surface area contributed by atoms with Crippen molar-refractivity contribution in [1.82, 2.24) is 0 Å². The van der Waals surface area contributed by atoms with E-state index < -0.39 is 16.2 Å². The van der Waals surface area contributed by atoms with Crippen molar-refractivity contribution in [2.75, 3.05) is 31.3 Å². The van der Waals surface area contributed by atoms with E-state index in [9.17, 15) is 14.1 Å². The first-order valence-corrected chi connectivity index (χ1v) is 14.6. The number of esters is 1. The molecule has 0 aromatic rings. The molecule has 1 unspecified atom stereocenters. The van der Waals surface area contributed by atoms with Crippen molar-refractivity contribution in [2.45, 2.75) is 84.0 Å². The maximum atomic E-state index is 11.7. The monoisotopic (exact) mass is 490 g/mol. The van der Waals surface area contributed by atoms with E-state index >= 15 is 0 Å². The third kappa shape index (κ3) is 25.3. The van der Waals surface area contributed by atoms with E-state index in [4.69, 9.17) is 14.6 Å². The molecule has 0 amide bonds. The van der Waals surface area contributed by atoms with Gasteiger partial charge in [0.15, 0.2) is 0 Å². The van der Waals surface area contributed by atoms with Crippen LogP contribution in [0.3, 0.4) is 0 Å². The maximum absolute atomic E-state index is 11.7. The van der Waals surface area contributed by atoms with E-state index in [0.29, 0.717) is 25.4 Å². The van der Waals surface area contributed by atoms with Crippen LogP contribution in [0.1, 0.15) is 84.0 Å². The van der Waals surface area contributed by atoms with Gasteiger partial charge in [-0.1, -0.05) is 63.3 Å². The second kappa shape index (κ2) is 24.7. The molecule has 0 aromatic heterocycles. The van der Waals surface area contributed by atoms with Crippen molar-refractivity contribution in [1.29, 1.82) is 0 Å². The van der Waals surface area contributed by atoms with Gasteiger partial charge in [0.2, 0.25) is 5.75 Å². The third-order valence-electron chi connectivity index (χ3n) is 4.51. The highest BCUT2D eigenvalue weighted by Gasteiger charge is 2.13. The number of allylic oxidation sites excluding steroid dienone is 4. The summed E-state index contributed by atoms with van der Waals surface area (Å²) in [7, 11) is -0.382. The van der Waals surface area contributed by atoms with Crippen LogP contribution in [0.2, 0.25) is 0 Å². The lowest BCUT2D eigenvalue weighted by atomic mass is 10.1. The molecular formula is C24H42O6S2. The molecule has 1 atom stereocenters. The summed E-state index contributed by atoms with van der Waals surface area (Å²) in [4.78, 5) is 22.0. The SMILES string of the molecule is CCCCC/C=C\C/C=C\CCCCCCCC(=O)OCCOCCS[S+]([O-])CC(=O)O. The summed E-state index contributed by atoms with van der Waals surface area (Å²) in [5, 5.41) is 8.50. The van der Waals surface area contributed by atoms with Gasteiger partial charge in [-0.3, -0.25) is 4.79 Å². The Balaban J connectivity index is 3.33. The van der Waals surface area contributed by atoms with E-state index in [-0.39, 0.29) is 18.3 Å². The summed E-state index contributed by atoms with van der Waals surface area (Å²) in [6.07, 6.45) is 22.2. The summed E-state index contributed by atoms with van der Waals surface area (Å²) in [5.74, 6) is -1.19. The van der Waals surface area contributed by atoms with Crippen LogP contribution in [-0.2, 0) is 29.3 Å². The Labute approximate surface area is 201 Å². The fraction of sp³-hybridized carbons (Fsp3) is 0.750. The van der Waals surface area contributed by atoms with Gasteiger partial charge in [-0.2, -0.15) is 0 Å². The number of carboxylic acids is 1. The number of hydrogen-bond donors (Lipinski definition) is 1. The molecule has 0 aliphatic rings. The highest BCUT2D eigenvalue weighted by Crippen LogP contribution is 2.12. The van der Waals surface area contributed by atoms with Crippen molar-refractivity contribution < 1.29 is 28.7 Å². The fourth-order valence-electron chi connectivity index (χ4n) is 2.80. The van der Waals surface area contributed by atoms with Crippen LogP contribution >= 0.6 is 10.8 Å². The minimum absolute atomic E-state index is 0.198. The van der Waals surface area contributed by atoms with Gasteiger partial charge in [-0.05, 0) is 38.5 Å². The lowest BCUT2D eigenvalue weighted by Crippen LogP contribution is -2.14. The van der Waals surface area contributed by atoms with Crippen LogP contribution in [0.4, 0.5) is 0 Å². The Morgan fingerprint density at radius 2 is 1.56 bits per heavy atom. The lowest BCUT2D eigenvalue weighted by molar-refractivity contribution is -0.145. The van der Waals surface area contributed by atoms with Gasteiger partial charge in [0.25, 0.3) is 0 Å². The van der Waals surface area contributed by atoms with Crippen LogP contribution < -0.4 is 0 Å². The first-order chi connectivity index (χ1) is 15.6. The Hall–Kier alpha value is -0.960. The summed E-state index contributed by atoms with van der Waals surface area (Å²) in [6.45, 7) is 3.08. The van der Waals surface area contributed by atoms with Gasteiger partial charge < -0.3 is 19.1 Å². The van der Waals surface area contributed by atoms with Gasteiger partial charge in [0.05, 0.1) is 29.8 Å². The van der Waals surface area contributed by atoms with Gasteiger partial charge in [0, 0.05) is 16.6 Å². The second-order valence-electron chi connectivity index (χ2n) is 7.48. The molecule has 0 heterocycles. The van der Waals surface area contributed by atoms with E-state index in [1.165, 1.54) is 38.5 Å². The molecule has 0 rings (SSSR count). The van der Waals surface area contributed by atoms with Crippen molar-refractivity contribution in [3.05, 3.63) is 24.3 Å². The summed E-state index contributed by atoms with van der Waals surface area (Å²) in [5.41, 5.74) is 0. The number of carboxylic acid groups (broad SMARTS) is 1. The predicted octanol–water partition coefficient (Wildman–Crippen LogP) is 5.84. The molecule has 0 radical (unpaired) electrons. The quantitative estimate of drug-likeness (QED) is 0.0632. The number of aliphatic carboxylic acids is 1. The average Bonchev–Trinajstić information content (AvgIpc) is 2.75. The van der Waals surface area contributed by atoms with E-state index in [1.54, 1.807) is 0 Å². The van der Waals surface area contributed by atoms with Gasteiger partial charge in [-0.15, -0.1) is 0 Å². The van der Waals surface area contributed by atoms with E-state index in [0.717, 1.165) is 42.9 Å². The molecular weight excluding hydrogens is 448 g/mol. The zero-order valence-corrected chi connectivity index (χ0v) is 21.3. The van der Waals surface area contributed by atoms with Gasteiger partial charge in [0.1, 0.15) is 6.61 Å². The van der Waals surface area contributed by atoms with Crippen LogP contribution in [0, 0.1) is 0 Å². The minimum Gasteiger partial charge on any atom is -0.605 e. The highest BCUT2D eigenvalue weighted by atomic mass is 33.1. The highest BCUT2D eigenvalue weighted by molar-refractivity contribution is 8.72. The number of unbranched alkanes of at least 4 members (excludes halogenated alkanes) is 8. The summed E-state index contributed by atoms with van der Waals surface area (Å²) in [6, 6.07) is 0. The molecule has 1 N–H and O–H groups in total. The van der Waals surface area contributed by atoms with Crippen molar-refractivity contribution in [2.24, 2.45) is 0 Å². The van der Waals surface area contributed by atoms with Crippen molar-refractivity contribution >= 4 is 32.9 Å². The Morgan fingerprint density at radius 3 is 2.25 bits per heavy atom. The Bertz CT molecular complexity index is 511. The zero-order valence-electron chi connectivity index (χ0n) is 19.6. The number of carbonyl (C=O) groups excluding carboxylic acids is 1. The Kier molecular flexibility index (Phi) is 23.9. The molecule has 6 nitrogen and oxygen atoms in total. The smallest absolute Gasteiger partial charge is 0.355 e. The molecule has 0 spiro atoms. The van der Waals surface area contributed by atoms with Crippen LogP contribution in [0.5, 0.6) is 0 Å². The minimum atomic E-state index is -1.43. The fourth-order valence-corrected chi connectivity index (χ4v) is 4.77. The predicted molar refractivity (Wildman–Crippen MR) is 134 cm³/mol. The average molecular weight is 491 g/mol. The molecule has 0 fully saturated rings. The second-order valence-corrected chi connectivity index (χ2v) is 10.8. The maximum Gasteiger partial charge on any atom is 0.355 e.